The van der Waals surface area contributed by atoms with E-state index in [2.05, 4.69) is 15.0 Å². The van der Waals surface area contributed by atoms with Crippen LogP contribution in [0, 0.1) is 0 Å². The zero-order chi connectivity index (χ0) is 20.9. The molecule has 0 aliphatic rings. The van der Waals surface area contributed by atoms with Crippen LogP contribution in [0.3, 0.4) is 0 Å². The highest BCUT2D eigenvalue weighted by molar-refractivity contribution is 14.0. The molecule has 0 heterocycles. The molecule has 2 aromatic carbocycles. The normalized spacial score (nSPS) is 12.4. The molecular weight excluding hydrogens is 524 g/mol. The Bertz CT molecular complexity index is 966. The van der Waals surface area contributed by atoms with Crippen molar-refractivity contribution in [3.05, 3.63) is 54.1 Å². The Labute approximate surface area is 183 Å². The number of aliphatic imine (C=N–C) groups is 1. The fourth-order valence-corrected chi connectivity index (χ4v) is 3.32. The Kier molecular flexibility index (Phi) is 8.71. The predicted molar refractivity (Wildman–Crippen MR) is 115 cm³/mol. The second-order valence-corrected chi connectivity index (χ2v) is 7.89. The van der Waals surface area contributed by atoms with E-state index >= 15 is 0 Å². The van der Waals surface area contributed by atoms with E-state index in [4.69, 9.17) is 5.73 Å². The number of para-hydroxylation sites is 2. The van der Waals surface area contributed by atoms with Gasteiger partial charge < -0.3 is 15.8 Å². The van der Waals surface area contributed by atoms with Crippen LogP contribution in [0.15, 0.2) is 58.4 Å². The molecule has 0 saturated carbocycles. The molecule has 29 heavy (non-hydrogen) atoms. The Balaban J connectivity index is 0.00000420. The largest absolute Gasteiger partial charge is 0.573 e. The van der Waals surface area contributed by atoms with Gasteiger partial charge >= 0.3 is 6.36 Å². The summed E-state index contributed by atoms with van der Waals surface area (Å²) in [6.45, 7) is -0.0929. The van der Waals surface area contributed by atoms with E-state index in [0.717, 1.165) is 10.4 Å². The van der Waals surface area contributed by atoms with E-state index in [1.54, 1.807) is 18.2 Å². The van der Waals surface area contributed by atoms with Crippen LogP contribution < -0.4 is 15.8 Å². The number of anilines is 1. The highest BCUT2D eigenvalue weighted by Gasteiger charge is 2.32. The van der Waals surface area contributed by atoms with Gasteiger partial charge in [0.25, 0.3) is 0 Å². The summed E-state index contributed by atoms with van der Waals surface area (Å²) in [5.41, 5.74) is 6.10. The lowest BCUT2D eigenvalue weighted by Crippen LogP contribution is -2.25. The van der Waals surface area contributed by atoms with Gasteiger partial charge in [-0.05, 0) is 23.8 Å². The fraction of sp³-hybridized carbons (Fsp3) is 0.235. The molecule has 0 spiro atoms. The van der Waals surface area contributed by atoms with Gasteiger partial charge in [0.2, 0.25) is 10.0 Å². The second-order valence-electron chi connectivity index (χ2n) is 5.77. The Morgan fingerprint density at radius 3 is 2.34 bits per heavy atom. The molecule has 0 aliphatic heterocycles. The van der Waals surface area contributed by atoms with Gasteiger partial charge in [0, 0.05) is 14.1 Å². The Hall–Kier alpha value is -2.06. The van der Waals surface area contributed by atoms with Gasteiger partial charge in [0.15, 0.2) is 11.7 Å². The highest BCUT2D eigenvalue weighted by Crippen LogP contribution is 2.29. The summed E-state index contributed by atoms with van der Waals surface area (Å²) < 4.78 is 67.2. The van der Waals surface area contributed by atoms with Crippen LogP contribution in [-0.2, 0) is 16.6 Å². The summed E-state index contributed by atoms with van der Waals surface area (Å²) in [4.78, 5) is 4.09. The van der Waals surface area contributed by atoms with Crippen molar-refractivity contribution in [3.63, 3.8) is 0 Å². The molecule has 0 aromatic heterocycles. The molecule has 0 saturated heterocycles. The average Bonchev–Trinajstić information content (AvgIpc) is 2.60. The van der Waals surface area contributed by atoms with Gasteiger partial charge in [-0.3, -0.25) is 0 Å². The van der Waals surface area contributed by atoms with Crippen molar-refractivity contribution in [2.75, 3.05) is 19.4 Å². The molecule has 0 bridgehead atoms. The number of hydrogen-bond acceptors (Lipinski definition) is 4. The number of nitrogens with two attached hydrogens (primary N) is 1. The number of rotatable bonds is 6. The number of hydrogen-bond donors (Lipinski definition) is 2. The van der Waals surface area contributed by atoms with Crippen molar-refractivity contribution in [1.29, 1.82) is 0 Å². The summed E-state index contributed by atoms with van der Waals surface area (Å²) in [6, 6.07) is 11.6. The molecule has 2 rings (SSSR count). The van der Waals surface area contributed by atoms with Crippen LogP contribution in [-0.4, -0.2) is 39.1 Å². The minimum absolute atomic E-state index is 0. The van der Waals surface area contributed by atoms with E-state index in [0.29, 0.717) is 5.56 Å². The van der Waals surface area contributed by atoms with Crippen LogP contribution in [0.25, 0.3) is 0 Å². The fourth-order valence-electron chi connectivity index (χ4n) is 2.21. The summed E-state index contributed by atoms with van der Waals surface area (Å²) in [7, 11) is -0.872. The smallest absolute Gasteiger partial charge is 0.404 e. The van der Waals surface area contributed by atoms with Crippen LogP contribution in [0.1, 0.15) is 5.56 Å². The predicted octanol–water partition coefficient (Wildman–Crippen LogP) is 3.38. The molecule has 0 atom stereocenters. The van der Waals surface area contributed by atoms with Crippen LogP contribution in [0.2, 0.25) is 0 Å². The maximum Gasteiger partial charge on any atom is 0.573 e. The zero-order valence-corrected chi connectivity index (χ0v) is 18.6. The number of guanidine groups is 1. The van der Waals surface area contributed by atoms with E-state index in [9.17, 15) is 21.6 Å². The number of alkyl halides is 3. The molecule has 7 nitrogen and oxygen atoms in total. The Morgan fingerprint density at radius 1 is 1.14 bits per heavy atom. The van der Waals surface area contributed by atoms with Crippen LogP contribution in [0.4, 0.5) is 18.9 Å². The molecule has 12 heteroatoms. The summed E-state index contributed by atoms with van der Waals surface area (Å²) in [5, 5.41) is 2.53. The van der Waals surface area contributed by atoms with Gasteiger partial charge in [0.05, 0.1) is 17.1 Å². The lowest BCUT2D eigenvalue weighted by molar-refractivity contribution is -0.274. The van der Waals surface area contributed by atoms with Gasteiger partial charge in [-0.15, -0.1) is 37.1 Å². The number of sulfonamides is 1. The standard InChI is InChI=1S/C17H19F3N4O3S.HI/c1-24(2)28(25,26)15-10-6-3-7-12(15)11-22-16(21)23-13-8-4-5-9-14(13)27-17(18,19)20;/h3-10H,11H2,1-2H3,(H3,21,22,23);1H. The third-order valence-electron chi connectivity index (χ3n) is 3.53. The van der Waals surface area contributed by atoms with E-state index in [-0.39, 0.29) is 47.1 Å². The van der Waals surface area contributed by atoms with Crippen molar-refractivity contribution >= 4 is 45.6 Å². The summed E-state index contributed by atoms with van der Waals surface area (Å²) in [5.74, 6) is -0.668. The molecular formula is C17H20F3IN4O3S. The number of halogens is 4. The SMILES string of the molecule is CN(C)S(=O)(=O)c1ccccc1CN=C(N)Nc1ccccc1OC(F)(F)F.I. The van der Waals surface area contributed by atoms with E-state index in [1.165, 1.54) is 38.4 Å². The third kappa shape index (κ3) is 7.04. The van der Waals surface area contributed by atoms with Gasteiger partial charge in [-0.1, -0.05) is 30.3 Å². The number of benzene rings is 2. The first-order valence-corrected chi connectivity index (χ1v) is 9.37. The Morgan fingerprint density at radius 2 is 1.72 bits per heavy atom. The number of nitrogens with zero attached hydrogens (tertiary/aromatic N) is 2. The first-order chi connectivity index (χ1) is 13.0. The maximum absolute atomic E-state index is 12.5. The molecule has 0 aliphatic carbocycles. The second kappa shape index (κ2) is 10.1. The number of nitrogens with one attached hydrogen (secondary N) is 1. The molecule has 2 aromatic rings. The molecule has 0 fully saturated rings. The van der Waals surface area contributed by atoms with Crippen molar-refractivity contribution in [1.82, 2.24) is 4.31 Å². The molecule has 0 radical (unpaired) electrons. The minimum atomic E-state index is -4.86. The summed E-state index contributed by atoms with van der Waals surface area (Å²) in [6.07, 6.45) is -4.86. The van der Waals surface area contributed by atoms with Crippen LogP contribution >= 0.6 is 24.0 Å². The van der Waals surface area contributed by atoms with Crippen molar-refractivity contribution in [3.8, 4) is 5.75 Å². The maximum atomic E-state index is 12.5. The lowest BCUT2D eigenvalue weighted by Gasteiger charge is -2.15. The van der Waals surface area contributed by atoms with E-state index < -0.39 is 22.1 Å². The third-order valence-corrected chi connectivity index (χ3v) is 5.44. The zero-order valence-electron chi connectivity index (χ0n) is 15.5. The first-order valence-electron chi connectivity index (χ1n) is 7.93. The first kappa shape index (κ1) is 25.0. The van der Waals surface area contributed by atoms with Gasteiger partial charge in [-0.25, -0.2) is 17.7 Å². The van der Waals surface area contributed by atoms with Crippen molar-refractivity contribution in [2.45, 2.75) is 17.8 Å². The molecule has 160 valence electrons. The van der Waals surface area contributed by atoms with Crippen molar-refractivity contribution in [2.24, 2.45) is 10.7 Å². The molecule has 0 amide bonds. The highest BCUT2D eigenvalue weighted by atomic mass is 127. The van der Waals surface area contributed by atoms with Crippen molar-refractivity contribution < 1.29 is 26.3 Å². The molecule has 3 N–H and O–H groups in total. The van der Waals surface area contributed by atoms with Gasteiger partial charge in [-0.2, -0.15) is 0 Å². The minimum Gasteiger partial charge on any atom is -0.404 e. The monoisotopic (exact) mass is 544 g/mol. The summed E-state index contributed by atoms with van der Waals surface area (Å²) >= 11 is 0. The number of ether oxygens (including phenoxy) is 1. The van der Waals surface area contributed by atoms with Crippen LogP contribution in [0.5, 0.6) is 5.75 Å². The topological polar surface area (TPSA) is 97.0 Å². The average molecular weight is 544 g/mol. The van der Waals surface area contributed by atoms with E-state index in [1.807, 2.05) is 0 Å². The molecule has 0 unspecified atom stereocenters. The van der Waals surface area contributed by atoms with Gasteiger partial charge in [0.1, 0.15) is 0 Å². The lowest BCUT2D eigenvalue weighted by atomic mass is 10.2. The quantitative estimate of drug-likeness (QED) is 0.330.